The van der Waals surface area contributed by atoms with Crippen molar-refractivity contribution in [3.8, 4) is 11.5 Å². The van der Waals surface area contributed by atoms with Crippen LogP contribution in [0.25, 0.3) is 6.08 Å². The summed E-state index contributed by atoms with van der Waals surface area (Å²) in [5.74, 6) is 0.625. The van der Waals surface area contributed by atoms with Crippen LogP contribution in [0.4, 0.5) is 5.69 Å². The van der Waals surface area contributed by atoms with Gasteiger partial charge in [0.25, 0.3) is 5.91 Å². The van der Waals surface area contributed by atoms with Crippen LogP contribution in [-0.4, -0.2) is 36.9 Å². The first-order valence-corrected chi connectivity index (χ1v) is 12.7. The van der Waals surface area contributed by atoms with Crippen molar-refractivity contribution in [2.24, 2.45) is 5.10 Å². The minimum Gasteiger partial charge on any atom is -0.490 e. The van der Waals surface area contributed by atoms with E-state index < -0.39 is 5.97 Å². The summed E-state index contributed by atoms with van der Waals surface area (Å²) >= 11 is 0. The summed E-state index contributed by atoms with van der Waals surface area (Å²) in [6.07, 6.45) is 2.38. The molecule has 1 heterocycles. The van der Waals surface area contributed by atoms with Crippen molar-refractivity contribution in [3.05, 3.63) is 95.1 Å². The zero-order valence-corrected chi connectivity index (χ0v) is 22.1. The molecular weight excluding hydrogens is 480 g/mol. The van der Waals surface area contributed by atoms with Gasteiger partial charge in [-0.15, -0.1) is 0 Å². The van der Waals surface area contributed by atoms with Gasteiger partial charge in [-0.05, 0) is 81.3 Å². The summed E-state index contributed by atoms with van der Waals surface area (Å²) in [6.45, 7) is 8.32. The third-order valence-corrected chi connectivity index (χ3v) is 5.82. The topological polar surface area (TPSA) is 77.4 Å². The molecule has 0 bridgehead atoms. The number of carbonyl (C=O) groups excluding carboxylic acids is 2. The fourth-order valence-corrected chi connectivity index (χ4v) is 3.97. The van der Waals surface area contributed by atoms with E-state index in [1.165, 1.54) is 10.6 Å². The lowest BCUT2D eigenvalue weighted by atomic mass is 10.1. The number of carbonyl (C=O) groups is 2. The second-order valence-electron chi connectivity index (χ2n) is 9.08. The summed E-state index contributed by atoms with van der Waals surface area (Å²) in [5, 5.41) is 5.78. The van der Waals surface area contributed by atoms with Crippen LogP contribution >= 0.6 is 0 Å². The number of hydrogen-bond donors (Lipinski definition) is 0. The molecule has 1 aliphatic rings. The molecule has 0 fully saturated rings. The smallest absolute Gasteiger partial charge is 0.338 e. The lowest BCUT2D eigenvalue weighted by Crippen LogP contribution is -2.21. The average Bonchev–Trinajstić information content (AvgIpc) is 3.18. The van der Waals surface area contributed by atoms with E-state index in [4.69, 9.17) is 14.2 Å². The Morgan fingerprint density at radius 1 is 0.974 bits per heavy atom. The molecular formula is C31H32N2O5. The van der Waals surface area contributed by atoms with Crippen molar-refractivity contribution in [1.82, 2.24) is 0 Å². The Balaban J connectivity index is 1.48. The summed E-state index contributed by atoms with van der Waals surface area (Å²) < 4.78 is 17.1. The quantitative estimate of drug-likeness (QED) is 0.243. The van der Waals surface area contributed by atoms with E-state index in [1.54, 1.807) is 51.1 Å². The minimum absolute atomic E-state index is 0.208. The molecule has 3 aromatic carbocycles. The number of hydrogen-bond acceptors (Lipinski definition) is 6. The molecule has 0 radical (unpaired) electrons. The van der Waals surface area contributed by atoms with Crippen LogP contribution in [-0.2, 0) is 16.0 Å². The number of ether oxygens (including phenoxy) is 3. The summed E-state index contributed by atoms with van der Waals surface area (Å²) in [5.41, 5.74) is 4.07. The van der Waals surface area contributed by atoms with Gasteiger partial charge in [0.2, 0.25) is 0 Å². The van der Waals surface area contributed by atoms with Gasteiger partial charge in [-0.2, -0.15) is 10.1 Å². The van der Waals surface area contributed by atoms with Crippen LogP contribution in [0, 0.1) is 0 Å². The normalized spacial score (nSPS) is 14.1. The first-order valence-electron chi connectivity index (χ1n) is 12.7. The Labute approximate surface area is 223 Å². The Morgan fingerprint density at radius 2 is 1.71 bits per heavy atom. The highest BCUT2D eigenvalue weighted by atomic mass is 16.5. The first-order chi connectivity index (χ1) is 18.4. The van der Waals surface area contributed by atoms with E-state index in [0.717, 1.165) is 12.0 Å². The van der Waals surface area contributed by atoms with Crippen LogP contribution in [0.2, 0.25) is 0 Å². The molecule has 0 aliphatic carbocycles. The van der Waals surface area contributed by atoms with E-state index in [0.29, 0.717) is 47.2 Å². The average molecular weight is 513 g/mol. The standard InChI is InChI=1S/C31H32N2O5/c1-5-36-29-20-24(11-16-28(29)37-18-17-23-9-7-6-8-10-23)19-27-22(4)32-33(30(27)34)26-14-12-25(13-15-26)31(35)38-21(2)3/h6-16,19-21H,5,17-18H2,1-4H3/b27-19-. The largest absolute Gasteiger partial charge is 0.490 e. The van der Waals surface area contributed by atoms with Gasteiger partial charge < -0.3 is 14.2 Å². The second kappa shape index (κ2) is 12.2. The van der Waals surface area contributed by atoms with E-state index in [9.17, 15) is 9.59 Å². The van der Waals surface area contributed by atoms with Crippen LogP contribution < -0.4 is 14.5 Å². The van der Waals surface area contributed by atoms with Crippen LogP contribution in [0.5, 0.6) is 11.5 Å². The van der Waals surface area contributed by atoms with Gasteiger partial charge in [0.1, 0.15) is 0 Å². The zero-order chi connectivity index (χ0) is 27.1. The van der Waals surface area contributed by atoms with E-state index in [-0.39, 0.29) is 12.0 Å². The lowest BCUT2D eigenvalue weighted by molar-refractivity contribution is -0.114. The molecule has 0 unspecified atom stereocenters. The molecule has 1 amide bonds. The van der Waals surface area contributed by atoms with Crippen molar-refractivity contribution in [2.75, 3.05) is 18.2 Å². The van der Waals surface area contributed by atoms with Gasteiger partial charge in [0.05, 0.1) is 41.9 Å². The number of hydrazone groups is 1. The van der Waals surface area contributed by atoms with Crippen LogP contribution in [0.3, 0.4) is 0 Å². The second-order valence-corrected chi connectivity index (χ2v) is 9.08. The molecule has 0 saturated carbocycles. The SMILES string of the molecule is CCOc1cc(/C=C2\C(=O)N(c3ccc(C(=O)OC(C)C)cc3)N=C2C)ccc1OCCc1ccccc1. The van der Waals surface area contributed by atoms with Crippen molar-refractivity contribution >= 4 is 29.4 Å². The molecule has 0 N–H and O–H groups in total. The fraction of sp³-hybridized carbons (Fsp3) is 0.258. The summed E-state index contributed by atoms with van der Waals surface area (Å²) in [4.78, 5) is 25.4. The maximum absolute atomic E-state index is 13.2. The first kappa shape index (κ1) is 26.7. The Bertz CT molecular complexity index is 1340. The van der Waals surface area contributed by atoms with E-state index >= 15 is 0 Å². The van der Waals surface area contributed by atoms with Gasteiger partial charge in [-0.25, -0.2) is 4.79 Å². The Hall–Kier alpha value is -4.39. The maximum Gasteiger partial charge on any atom is 0.338 e. The molecule has 0 saturated heterocycles. The highest BCUT2D eigenvalue weighted by Crippen LogP contribution is 2.31. The predicted octanol–water partition coefficient (Wildman–Crippen LogP) is 6.08. The lowest BCUT2D eigenvalue weighted by Gasteiger charge is -2.14. The molecule has 0 aromatic heterocycles. The van der Waals surface area contributed by atoms with Crippen LogP contribution in [0.1, 0.15) is 49.2 Å². The molecule has 3 aromatic rings. The zero-order valence-electron chi connectivity index (χ0n) is 22.1. The van der Waals surface area contributed by atoms with Gasteiger partial charge in [0.15, 0.2) is 11.5 Å². The molecule has 4 rings (SSSR count). The number of esters is 1. The number of anilines is 1. The molecule has 0 atom stereocenters. The van der Waals surface area contributed by atoms with E-state index in [1.807, 2.05) is 43.3 Å². The fourth-order valence-electron chi connectivity index (χ4n) is 3.97. The van der Waals surface area contributed by atoms with Gasteiger partial charge in [-0.1, -0.05) is 36.4 Å². The predicted molar refractivity (Wildman–Crippen MR) is 149 cm³/mol. The third kappa shape index (κ3) is 6.48. The van der Waals surface area contributed by atoms with Crippen molar-refractivity contribution in [3.63, 3.8) is 0 Å². The van der Waals surface area contributed by atoms with Gasteiger partial charge in [0, 0.05) is 6.42 Å². The van der Waals surface area contributed by atoms with E-state index in [2.05, 4.69) is 17.2 Å². The Kier molecular flexibility index (Phi) is 8.58. The highest BCUT2D eigenvalue weighted by Gasteiger charge is 2.29. The van der Waals surface area contributed by atoms with Crippen LogP contribution in [0.15, 0.2) is 83.5 Å². The monoisotopic (exact) mass is 512 g/mol. The summed E-state index contributed by atoms with van der Waals surface area (Å²) in [7, 11) is 0. The molecule has 1 aliphatic heterocycles. The number of benzene rings is 3. The molecule has 7 nitrogen and oxygen atoms in total. The number of rotatable bonds is 10. The number of nitrogens with zero attached hydrogens (tertiary/aromatic N) is 2. The minimum atomic E-state index is -0.405. The van der Waals surface area contributed by atoms with Crippen molar-refractivity contribution in [2.45, 2.75) is 40.2 Å². The number of amides is 1. The van der Waals surface area contributed by atoms with Gasteiger partial charge >= 0.3 is 5.97 Å². The molecule has 7 heteroatoms. The maximum atomic E-state index is 13.2. The molecule has 0 spiro atoms. The third-order valence-electron chi connectivity index (χ3n) is 5.82. The molecule has 38 heavy (non-hydrogen) atoms. The summed E-state index contributed by atoms with van der Waals surface area (Å²) in [6, 6.07) is 22.4. The Morgan fingerprint density at radius 3 is 2.39 bits per heavy atom. The van der Waals surface area contributed by atoms with Crippen molar-refractivity contribution in [1.29, 1.82) is 0 Å². The van der Waals surface area contributed by atoms with Gasteiger partial charge in [-0.3, -0.25) is 4.79 Å². The highest BCUT2D eigenvalue weighted by molar-refractivity contribution is 6.32. The molecule has 196 valence electrons. The van der Waals surface area contributed by atoms with Crippen molar-refractivity contribution < 1.29 is 23.8 Å².